The molecule has 0 aliphatic heterocycles. The van der Waals surface area contributed by atoms with Crippen LogP contribution in [-0.4, -0.2) is 12.2 Å². The summed E-state index contributed by atoms with van der Waals surface area (Å²) < 4.78 is 3.50. The molecule has 1 N–H and O–H groups in total. The molecule has 0 saturated carbocycles. The van der Waals surface area contributed by atoms with E-state index in [4.69, 9.17) is 6.42 Å². The third-order valence-corrected chi connectivity index (χ3v) is 1.29. The second-order valence-electron chi connectivity index (χ2n) is 1.08. The third-order valence-electron chi connectivity index (χ3n) is 0.490. The molecular weight excluding hydrogens is 154 g/mol. The predicted octanol–water partition coefficient (Wildman–Crippen LogP) is 1.25. The zero-order valence-electron chi connectivity index (χ0n) is 4.66. The molecule has 0 aromatic carbocycles. The van der Waals surface area contributed by atoms with E-state index in [0.29, 0.717) is 8.37 Å². The lowest BCUT2D eigenvalue weighted by Gasteiger charge is -1.89. The van der Waals surface area contributed by atoms with Crippen LogP contribution in [0.3, 0.4) is 0 Å². The Labute approximate surface area is 57.8 Å². The molecule has 48 valence electrons. The highest BCUT2D eigenvalue weighted by Gasteiger charge is 1.90. The van der Waals surface area contributed by atoms with E-state index in [9.17, 15) is 4.79 Å². The van der Waals surface area contributed by atoms with E-state index in [0.717, 1.165) is 0 Å². The summed E-state index contributed by atoms with van der Waals surface area (Å²) in [4.78, 5) is 10.5. The van der Waals surface area contributed by atoms with Crippen LogP contribution in [0.4, 0.5) is 4.79 Å². The fraction of sp³-hybridized carbons (Fsp3) is 0.250. The quantitative estimate of drug-likeness (QED) is 0.479. The maximum atomic E-state index is 10.5. The molecule has 0 rings (SSSR count). The van der Waals surface area contributed by atoms with Gasteiger partial charge in [-0.25, -0.2) is 4.52 Å². The number of rotatable bonds is 2. The Kier molecular flexibility index (Phi) is 5.41. The Balaban J connectivity index is 3.42. The summed E-state index contributed by atoms with van der Waals surface area (Å²) in [7, 11) is 2.47. The highest BCUT2D eigenvalue weighted by atomic mass is 31.1. The van der Waals surface area contributed by atoms with Crippen molar-refractivity contribution in [1.82, 2.24) is 5.32 Å². The summed E-state index contributed by atoms with van der Waals surface area (Å²) in [5.41, 5.74) is -0.178. The van der Waals surface area contributed by atoms with E-state index in [2.05, 4.69) is 25.1 Å². The highest BCUT2D eigenvalue weighted by Crippen LogP contribution is 2.03. The molecule has 1 atom stereocenters. The van der Waals surface area contributed by atoms with Gasteiger partial charge in [0.15, 0.2) is 0 Å². The van der Waals surface area contributed by atoms with Gasteiger partial charge in [0.25, 0.3) is 5.65 Å². The van der Waals surface area contributed by atoms with Crippen molar-refractivity contribution in [3.63, 3.8) is 0 Å². The molecule has 5 heteroatoms. The number of terminal acetylenes is 1. The fourth-order valence-electron chi connectivity index (χ4n) is 0.214. The van der Waals surface area contributed by atoms with Crippen molar-refractivity contribution >= 4 is 23.4 Å². The van der Waals surface area contributed by atoms with Crippen LogP contribution in [0.2, 0.25) is 0 Å². The second kappa shape index (κ2) is 5.69. The zero-order chi connectivity index (χ0) is 7.11. The minimum atomic E-state index is -0.178. The molecule has 0 aliphatic rings. The Morgan fingerprint density at radius 1 is 2.00 bits per heavy atom. The van der Waals surface area contributed by atoms with E-state index in [1.807, 2.05) is 0 Å². The van der Waals surface area contributed by atoms with Gasteiger partial charge >= 0.3 is 0 Å². The summed E-state index contributed by atoms with van der Waals surface area (Å²) in [6, 6.07) is 0. The topological polar surface area (TPSA) is 41.5 Å². The van der Waals surface area contributed by atoms with E-state index in [1.165, 1.54) is 0 Å². The SMILES string of the molecule is C#CCNC(=O)P=NP. The van der Waals surface area contributed by atoms with E-state index >= 15 is 0 Å². The number of nitrogens with zero attached hydrogens (tertiary/aromatic N) is 1. The Bertz CT molecular complexity index is 160. The molecule has 0 aliphatic carbocycles. The number of nitrogens with one attached hydrogen (secondary N) is 1. The zero-order valence-corrected chi connectivity index (χ0v) is 6.71. The van der Waals surface area contributed by atoms with E-state index in [1.54, 1.807) is 0 Å². The summed E-state index contributed by atoms with van der Waals surface area (Å²) in [5, 5.41) is 2.44. The highest BCUT2D eigenvalue weighted by molar-refractivity contribution is 7.51. The molecule has 0 aromatic heterocycles. The van der Waals surface area contributed by atoms with Gasteiger partial charge in [0.05, 0.1) is 6.54 Å². The molecule has 1 amide bonds. The van der Waals surface area contributed by atoms with Crippen molar-refractivity contribution in [2.75, 3.05) is 6.54 Å². The molecule has 0 aromatic rings. The van der Waals surface area contributed by atoms with Crippen LogP contribution in [0.1, 0.15) is 0 Å². The molecule has 3 nitrogen and oxygen atoms in total. The van der Waals surface area contributed by atoms with Crippen LogP contribution in [0.5, 0.6) is 0 Å². The molecule has 9 heavy (non-hydrogen) atoms. The molecule has 0 radical (unpaired) electrons. The minimum Gasteiger partial charge on any atom is -0.337 e. The summed E-state index contributed by atoms with van der Waals surface area (Å²) in [6.07, 6.45) is 4.87. The lowest BCUT2D eigenvalue weighted by Crippen LogP contribution is -2.15. The lowest BCUT2D eigenvalue weighted by atomic mass is 10.7. The maximum absolute atomic E-state index is 10.5. The van der Waals surface area contributed by atoms with E-state index < -0.39 is 0 Å². The van der Waals surface area contributed by atoms with Gasteiger partial charge in [-0.05, 0) is 9.39 Å². The standard InChI is InChI=1S/C4H6N2OP2/c1-2-3-5-4(7)9-6-8/h1H,3,8H2,(H,5,7). The number of hydrogen-bond donors (Lipinski definition) is 1. The average molecular weight is 160 g/mol. The predicted molar refractivity (Wildman–Crippen MR) is 41.3 cm³/mol. The summed E-state index contributed by atoms with van der Waals surface area (Å²) >= 11 is 0. The Hall–Kier alpha value is -0.440. The van der Waals surface area contributed by atoms with Gasteiger partial charge in [-0.1, -0.05) is 5.92 Å². The monoisotopic (exact) mass is 160 g/mol. The van der Waals surface area contributed by atoms with Crippen molar-refractivity contribution in [2.45, 2.75) is 0 Å². The third kappa shape index (κ3) is 5.43. The molecule has 0 heterocycles. The molecule has 1 unspecified atom stereocenters. The Morgan fingerprint density at radius 2 is 2.67 bits per heavy atom. The number of carbonyl (C=O) groups excluding carboxylic acids is 1. The fourth-order valence-corrected chi connectivity index (χ4v) is 0.784. The van der Waals surface area contributed by atoms with Gasteiger partial charge < -0.3 is 5.32 Å². The maximum Gasteiger partial charge on any atom is 0.289 e. The van der Waals surface area contributed by atoms with Crippen LogP contribution < -0.4 is 5.32 Å². The molecule has 0 saturated heterocycles. The first-order valence-electron chi connectivity index (χ1n) is 2.13. The minimum absolute atomic E-state index is 0.178. The Morgan fingerprint density at radius 3 is 3.11 bits per heavy atom. The van der Waals surface area contributed by atoms with Crippen molar-refractivity contribution in [1.29, 1.82) is 0 Å². The molecule has 0 spiro atoms. The van der Waals surface area contributed by atoms with Gasteiger partial charge in [0.1, 0.15) is 8.37 Å². The van der Waals surface area contributed by atoms with Crippen LogP contribution in [0, 0.1) is 12.3 Å². The van der Waals surface area contributed by atoms with Crippen LogP contribution in [0.25, 0.3) is 0 Å². The van der Waals surface area contributed by atoms with Crippen molar-refractivity contribution < 1.29 is 4.79 Å². The molecule has 0 bridgehead atoms. The molecular formula is C4H6N2OP2. The van der Waals surface area contributed by atoms with Crippen molar-refractivity contribution in [2.24, 2.45) is 4.52 Å². The first-order valence-corrected chi connectivity index (χ1v) is 3.50. The van der Waals surface area contributed by atoms with Crippen LogP contribution in [0.15, 0.2) is 4.52 Å². The number of hydrogen-bond acceptors (Lipinski definition) is 2. The number of amides is 1. The van der Waals surface area contributed by atoms with Gasteiger partial charge in [0.2, 0.25) is 0 Å². The van der Waals surface area contributed by atoms with Crippen LogP contribution in [-0.2, 0) is 0 Å². The van der Waals surface area contributed by atoms with E-state index in [-0.39, 0.29) is 12.2 Å². The van der Waals surface area contributed by atoms with Gasteiger partial charge in [-0.3, -0.25) is 4.79 Å². The van der Waals surface area contributed by atoms with Crippen molar-refractivity contribution in [3.8, 4) is 12.3 Å². The normalized spacial score (nSPS) is 8.89. The first-order chi connectivity index (χ1) is 4.31. The van der Waals surface area contributed by atoms with Gasteiger partial charge in [-0.2, -0.15) is 0 Å². The van der Waals surface area contributed by atoms with Crippen LogP contribution >= 0.6 is 17.8 Å². The first kappa shape index (κ1) is 8.56. The van der Waals surface area contributed by atoms with Crippen molar-refractivity contribution in [3.05, 3.63) is 0 Å². The lowest BCUT2D eigenvalue weighted by molar-refractivity contribution is 0.261. The smallest absolute Gasteiger partial charge is 0.289 e. The summed E-state index contributed by atoms with van der Waals surface area (Å²) in [5.74, 6) is 2.27. The van der Waals surface area contributed by atoms with Gasteiger partial charge in [-0.15, -0.1) is 6.42 Å². The van der Waals surface area contributed by atoms with Gasteiger partial charge in [0, 0.05) is 0 Å². The largest absolute Gasteiger partial charge is 0.337 e. The number of carbonyl (C=O) groups is 1. The second-order valence-corrected chi connectivity index (χ2v) is 2.61. The average Bonchev–Trinajstić information content (AvgIpc) is 1.85. The summed E-state index contributed by atoms with van der Waals surface area (Å²) in [6.45, 7) is 0.270. The molecule has 0 fully saturated rings.